The number of carboxylic acids is 1. The molecule has 84 valence electrons. The van der Waals surface area contributed by atoms with Gasteiger partial charge in [0.1, 0.15) is 0 Å². The van der Waals surface area contributed by atoms with Crippen molar-refractivity contribution >= 4 is 5.97 Å². The van der Waals surface area contributed by atoms with Crippen LogP contribution in [0.5, 0.6) is 0 Å². The predicted molar refractivity (Wildman–Crippen MR) is 61.5 cm³/mol. The van der Waals surface area contributed by atoms with Gasteiger partial charge < -0.3 is 5.11 Å². The summed E-state index contributed by atoms with van der Waals surface area (Å²) in [5, 5.41) is 9.16. The summed E-state index contributed by atoms with van der Waals surface area (Å²) in [4.78, 5) is 11.1. The molecule has 0 amide bonds. The average molecular weight is 216 g/mol. The highest BCUT2D eigenvalue weighted by atomic mass is 16.4. The largest absolute Gasteiger partial charge is 0.481 e. The highest BCUT2D eigenvalue weighted by Gasteiger charge is 2.49. The monoisotopic (exact) mass is 216 g/mol. The standard InChI is InChI=1S/C14H16O2/c15-13(16)14(6-7-14)9-10-4-5-11-2-1-3-12(11)8-10/h4-5,8H,1-3,6-7,9H2,(H,15,16). The maximum atomic E-state index is 11.1. The molecule has 0 heterocycles. The summed E-state index contributed by atoms with van der Waals surface area (Å²) in [5.41, 5.74) is 3.69. The molecular formula is C14H16O2. The van der Waals surface area contributed by atoms with Crippen LogP contribution in [0.2, 0.25) is 0 Å². The second-order valence-corrected chi connectivity index (χ2v) is 5.22. The van der Waals surface area contributed by atoms with Crippen LogP contribution in [0.1, 0.15) is 36.0 Å². The van der Waals surface area contributed by atoms with Crippen molar-refractivity contribution < 1.29 is 9.90 Å². The summed E-state index contributed by atoms with van der Waals surface area (Å²) in [7, 11) is 0. The van der Waals surface area contributed by atoms with E-state index in [2.05, 4.69) is 18.2 Å². The quantitative estimate of drug-likeness (QED) is 0.843. The van der Waals surface area contributed by atoms with Gasteiger partial charge in [-0.3, -0.25) is 4.79 Å². The number of aryl methyl sites for hydroxylation is 2. The van der Waals surface area contributed by atoms with Gasteiger partial charge in [0.15, 0.2) is 0 Å². The van der Waals surface area contributed by atoms with E-state index in [1.165, 1.54) is 36.0 Å². The van der Waals surface area contributed by atoms with Gasteiger partial charge in [-0.05, 0) is 55.2 Å². The fourth-order valence-corrected chi connectivity index (χ4v) is 2.74. The average Bonchev–Trinajstić information content (AvgIpc) is 2.90. The molecule has 0 aromatic heterocycles. The molecule has 0 spiro atoms. The van der Waals surface area contributed by atoms with Crippen LogP contribution in [0.3, 0.4) is 0 Å². The summed E-state index contributed by atoms with van der Waals surface area (Å²) in [6.07, 6.45) is 6.03. The van der Waals surface area contributed by atoms with E-state index in [1.54, 1.807) is 0 Å². The topological polar surface area (TPSA) is 37.3 Å². The van der Waals surface area contributed by atoms with E-state index in [9.17, 15) is 4.79 Å². The summed E-state index contributed by atoms with van der Waals surface area (Å²) < 4.78 is 0. The fraction of sp³-hybridized carbons (Fsp3) is 0.500. The highest BCUT2D eigenvalue weighted by Crippen LogP contribution is 2.48. The van der Waals surface area contributed by atoms with E-state index in [-0.39, 0.29) is 0 Å². The molecule has 1 saturated carbocycles. The van der Waals surface area contributed by atoms with Crippen molar-refractivity contribution in [3.05, 3.63) is 34.9 Å². The smallest absolute Gasteiger partial charge is 0.309 e. The third-order valence-corrected chi connectivity index (χ3v) is 4.01. The minimum atomic E-state index is -0.618. The van der Waals surface area contributed by atoms with E-state index in [4.69, 9.17) is 5.11 Å². The number of rotatable bonds is 3. The number of fused-ring (bicyclic) bond motifs is 1. The molecule has 2 nitrogen and oxygen atoms in total. The van der Waals surface area contributed by atoms with Gasteiger partial charge in [0.2, 0.25) is 0 Å². The molecule has 1 fully saturated rings. The Hall–Kier alpha value is -1.31. The number of aliphatic carboxylic acids is 1. The summed E-state index contributed by atoms with van der Waals surface area (Å²) in [6, 6.07) is 6.54. The van der Waals surface area contributed by atoms with Crippen molar-refractivity contribution in [1.82, 2.24) is 0 Å². The lowest BCUT2D eigenvalue weighted by atomic mass is 9.94. The maximum absolute atomic E-state index is 11.1. The van der Waals surface area contributed by atoms with Crippen LogP contribution in [0, 0.1) is 5.41 Å². The Morgan fingerprint density at radius 1 is 1.25 bits per heavy atom. The molecule has 0 atom stereocenters. The Morgan fingerprint density at radius 2 is 2.00 bits per heavy atom. The number of carbonyl (C=O) groups is 1. The SMILES string of the molecule is O=C(O)C1(Cc2ccc3c(c2)CCC3)CC1. The minimum absolute atomic E-state index is 0.424. The van der Waals surface area contributed by atoms with Gasteiger partial charge in [-0.1, -0.05) is 18.2 Å². The second-order valence-electron chi connectivity index (χ2n) is 5.22. The van der Waals surface area contributed by atoms with Gasteiger partial charge in [0.25, 0.3) is 0 Å². The zero-order valence-corrected chi connectivity index (χ0v) is 9.33. The number of benzene rings is 1. The van der Waals surface area contributed by atoms with Crippen LogP contribution >= 0.6 is 0 Å². The molecule has 0 bridgehead atoms. The van der Waals surface area contributed by atoms with Crippen LogP contribution in [0.4, 0.5) is 0 Å². The first-order valence-electron chi connectivity index (χ1n) is 6.04. The lowest BCUT2D eigenvalue weighted by molar-refractivity contribution is -0.143. The van der Waals surface area contributed by atoms with Crippen LogP contribution in [0.25, 0.3) is 0 Å². The molecule has 1 aromatic carbocycles. The van der Waals surface area contributed by atoms with Crippen LogP contribution in [-0.4, -0.2) is 11.1 Å². The number of carboxylic acid groups (broad SMARTS) is 1. The molecule has 0 unspecified atom stereocenters. The van der Waals surface area contributed by atoms with E-state index < -0.39 is 11.4 Å². The Balaban J connectivity index is 1.83. The van der Waals surface area contributed by atoms with Crippen molar-refractivity contribution in [2.24, 2.45) is 5.41 Å². The minimum Gasteiger partial charge on any atom is -0.481 e. The molecule has 2 aliphatic rings. The lowest BCUT2D eigenvalue weighted by Gasteiger charge is -2.10. The van der Waals surface area contributed by atoms with E-state index in [1.807, 2.05) is 0 Å². The second kappa shape index (κ2) is 3.34. The Morgan fingerprint density at radius 3 is 2.69 bits per heavy atom. The summed E-state index contributed by atoms with van der Waals surface area (Å²) >= 11 is 0. The molecule has 0 saturated heterocycles. The molecule has 1 aromatic rings. The first-order chi connectivity index (χ1) is 7.70. The third kappa shape index (κ3) is 1.53. The van der Waals surface area contributed by atoms with Crippen molar-refractivity contribution in [3.8, 4) is 0 Å². The van der Waals surface area contributed by atoms with E-state index in [0.29, 0.717) is 0 Å². The van der Waals surface area contributed by atoms with Crippen molar-refractivity contribution in [2.75, 3.05) is 0 Å². The summed E-state index contributed by atoms with van der Waals surface area (Å²) in [5.74, 6) is -0.618. The third-order valence-electron chi connectivity index (χ3n) is 4.01. The van der Waals surface area contributed by atoms with Gasteiger partial charge in [-0.15, -0.1) is 0 Å². The number of hydrogen-bond acceptors (Lipinski definition) is 1. The molecule has 2 aliphatic carbocycles. The lowest BCUT2D eigenvalue weighted by Crippen LogP contribution is -2.17. The Labute approximate surface area is 95.3 Å². The first kappa shape index (κ1) is 9.88. The molecule has 0 aliphatic heterocycles. The first-order valence-corrected chi connectivity index (χ1v) is 6.04. The molecule has 16 heavy (non-hydrogen) atoms. The van der Waals surface area contributed by atoms with E-state index in [0.717, 1.165) is 19.3 Å². The van der Waals surface area contributed by atoms with Gasteiger partial charge in [0.05, 0.1) is 5.41 Å². The van der Waals surface area contributed by atoms with Crippen molar-refractivity contribution in [1.29, 1.82) is 0 Å². The zero-order chi connectivity index (χ0) is 11.2. The fourth-order valence-electron chi connectivity index (χ4n) is 2.74. The van der Waals surface area contributed by atoms with Gasteiger partial charge in [0, 0.05) is 0 Å². The molecule has 1 N–H and O–H groups in total. The van der Waals surface area contributed by atoms with Gasteiger partial charge >= 0.3 is 5.97 Å². The van der Waals surface area contributed by atoms with Crippen molar-refractivity contribution in [2.45, 2.75) is 38.5 Å². The maximum Gasteiger partial charge on any atom is 0.309 e. The number of hydrogen-bond donors (Lipinski definition) is 1. The highest BCUT2D eigenvalue weighted by molar-refractivity contribution is 5.78. The van der Waals surface area contributed by atoms with Crippen LogP contribution < -0.4 is 0 Å². The Kier molecular flexibility index (Phi) is 2.06. The normalized spacial score (nSPS) is 20.5. The predicted octanol–water partition coefficient (Wildman–Crippen LogP) is 2.58. The van der Waals surface area contributed by atoms with Gasteiger partial charge in [-0.25, -0.2) is 0 Å². The van der Waals surface area contributed by atoms with Crippen molar-refractivity contribution in [3.63, 3.8) is 0 Å². The molecule has 0 radical (unpaired) electrons. The molecule has 2 heteroatoms. The van der Waals surface area contributed by atoms with Crippen LogP contribution in [-0.2, 0) is 24.1 Å². The zero-order valence-electron chi connectivity index (χ0n) is 9.33. The Bertz CT molecular complexity index is 444. The molecular weight excluding hydrogens is 200 g/mol. The summed E-state index contributed by atoms with van der Waals surface area (Å²) in [6.45, 7) is 0. The van der Waals surface area contributed by atoms with E-state index >= 15 is 0 Å². The van der Waals surface area contributed by atoms with Gasteiger partial charge in [-0.2, -0.15) is 0 Å². The molecule has 3 rings (SSSR count). The van der Waals surface area contributed by atoms with Crippen LogP contribution in [0.15, 0.2) is 18.2 Å².